The van der Waals surface area contributed by atoms with E-state index in [1.807, 2.05) is 0 Å². The number of methoxy groups -OCH3 is 1. The van der Waals surface area contributed by atoms with Crippen LogP contribution in [0.1, 0.15) is 18.5 Å². The highest BCUT2D eigenvalue weighted by Crippen LogP contribution is 2.33. The summed E-state index contributed by atoms with van der Waals surface area (Å²) in [7, 11) is 1.39. The Morgan fingerprint density at radius 3 is 3.00 bits per heavy atom. The molecule has 5 nitrogen and oxygen atoms in total. The minimum Gasteiger partial charge on any atom is -0.468 e. The first-order chi connectivity index (χ1) is 7.70. The van der Waals surface area contributed by atoms with Crippen LogP contribution in [-0.2, 0) is 16.1 Å². The fourth-order valence-corrected chi connectivity index (χ4v) is 2.20. The van der Waals surface area contributed by atoms with Crippen LogP contribution in [0.3, 0.4) is 0 Å². The summed E-state index contributed by atoms with van der Waals surface area (Å²) in [6.45, 7) is 0.495. The predicted octanol–water partition coefficient (Wildman–Crippen LogP) is 0.478. The molecule has 88 valence electrons. The number of aromatic amines is 1. The molecule has 0 spiro atoms. The lowest BCUT2D eigenvalue weighted by Gasteiger charge is -2.14. The number of ether oxygens (including phenoxy) is 1. The third-order valence-electron chi connectivity index (χ3n) is 2.63. The van der Waals surface area contributed by atoms with Gasteiger partial charge >= 0.3 is 10.8 Å². The van der Waals surface area contributed by atoms with Crippen molar-refractivity contribution < 1.29 is 9.53 Å². The van der Waals surface area contributed by atoms with E-state index < -0.39 is 0 Å². The van der Waals surface area contributed by atoms with Crippen molar-refractivity contribution in [3.05, 3.63) is 20.7 Å². The van der Waals surface area contributed by atoms with Gasteiger partial charge in [-0.05, 0) is 18.8 Å². The molecule has 16 heavy (non-hydrogen) atoms. The molecule has 0 amide bonds. The van der Waals surface area contributed by atoms with Crippen LogP contribution >= 0.6 is 11.3 Å². The number of carbonyl (C=O) groups is 1. The lowest BCUT2D eigenvalue weighted by molar-refractivity contribution is -0.143. The largest absolute Gasteiger partial charge is 0.468 e. The number of H-pyrrole nitrogens is 1. The van der Waals surface area contributed by atoms with E-state index in [1.165, 1.54) is 7.11 Å². The Bertz CT molecular complexity index is 422. The maximum Gasteiger partial charge on any atom is 0.323 e. The van der Waals surface area contributed by atoms with Crippen molar-refractivity contribution in [1.82, 2.24) is 10.3 Å². The Morgan fingerprint density at radius 2 is 2.50 bits per heavy atom. The van der Waals surface area contributed by atoms with E-state index in [1.54, 1.807) is 5.38 Å². The maximum absolute atomic E-state index is 11.5. The Balaban J connectivity index is 1.91. The van der Waals surface area contributed by atoms with Crippen molar-refractivity contribution in [2.45, 2.75) is 25.4 Å². The number of esters is 1. The Labute approximate surface area is 96.8 Å². The zero-order chi connectivity index (χ0) is 11.5. The van der Waals surface area contributed by atoms with E-state index in [9.17, 15) is 9.59 Å². The molecule has 0 aliphatic heterocycles. The molecule has 1 fully saturated rings. The topological polar surface area (TPSA) is 71.2 Å². The molecule has 1 aliphatic rings. The van der Waals surface area contributed by atoms with Crippen molar-refractivity contribution in [2.24, 2.45) is 5.92 Å². The molecule has 1 heterocycles. The zero-order valence-corrected chi connectivity index (χ0v) is 9.80. The van der Waals surface area contributed by atoms with Crippen LogP contribution in [0.25, 0.3) is 0 Å². The summed E-state index contributed by atoms with van der Waals surface area (Å²) in [5.74, 6) is 0.165. The number of thiazole rings is 1. The molecule has 1 aromatic heterocycles. The Morgan fingerprint density at radius 1 is 1.75 bits per heavy atom. The van der Waals surface area contributed by atoms with Gasteiger partial charge in [0.25, 0.3) is 0 Å². The van der Waals surface area contributed by atoms with Gasteiger partial charge in [-0.2, -0.15) is 0 Å². The van der Waals surface area contributed by atoms with Crippen molar-refractivity contribution >= 4 is 17.3 Å². The highest BCUT2D eigenvalue weighted by atomic mass is 32.1. The van der Waals surface area contributed by atoms with Crippen LogP contribution in [0.4, 0.5) is 0 Å². The summed E-state index contributed by atoms with van der Waals surface area (Å²) in [5, 5.41) is 4.88. The maximum atomic E-state index is 11.5. The average Bonchev–Trinajstić information content (AvgIpc) is 3.02. The lowest BCUT2D eigenvalue weighted by Crippen LogP contribution is -2.39. The molecule has 2 rings (SSSR count). The third-order valence-corrected chi connectivity index (χ3v) is 3.35. The van der Waals surface area contributed by atoms with E-state index in [4.69, 9.17) is 4.74 Å². The van der Waals surface area contributed by atoms with Gasteiger partial charge in [0.05, 0.1) is 7.11 Å². The standard InChI is InChI=1S/C10H14N2O3S/c1-15-9(13)8(6-2-3-6)11-4-7-5-16-10(14)12-7/h5-6,8,11H,2-4H2,1H3,(H,12,14). The van der Waals surface area contributed by atoms with Crippen LogP contribution < -0.4 is 10.2 Å². The summed E-state index contributed by atoms with van der Waals surface area (Å²) in [6, 6.07) is -0.242. The molecule has 1 unspecified atom stereocenters. The second-order valence-corrected chi connectivity index (χ2v) is 4.73. The lowest BCUT2D eigenvalue weighted by atomic mass is 10.2. The first-order valence-electron chi connectivity index (χ1n) is 5.18. The Hall–Kier alpha value is -1.14. The van der Waals surface area contributed by atoms with Gasteiger partial charge in [-0.15, -0.1) is 0 Å². The zero-order valence-electron chi connectivity index (χ0n) is 8.99. The average molecular weight is 242 g/mol. The van der Waals surface area contributed by atoms with Crippen LogP contribution in [-0.4, -0.2) is 24.1 Å². The van der Waals surface area contributed by atoms with Gasteiger partial charge in [0.2, 0.25) is 0 Å². The van der Waals surface area contributed by atoms with Crippen LogP contribution in [0, 0.1) is 5.92 Å². The van der Waals surface area contributed by atoms with Crippen LogP contribution in [0.2, 0.25) is 0 Å². The molecular formula is C10H14N2O3S. The Kier molecular flexibility index (Phi) is 3.40. The second kappa shape index (κ2) is 4.80. The number of carbonyl (C=O) groups excluding carboxylic acids is 1. The monoisotopic (exact) mass is 242 g/mol. The molecule has 1 aromatic rings. The number of hydrogen-bond donors (Lipinski definition) is 2. The fraction of sp³-hybridized carbons (Fsp3) is 0.600. The normalized spacial score (nSPS) is 17.1. The summed E-state index contributed by atoms with van der Waals surface area (Å²) in [4.78, 5) is 25.0. The van der Waals surface area contributed by atoms with Crippen molar-refractivity contribution in [2.75, 3.05) is 7.11 Å². The number of hydrogen-bond acceptors (Lipinski definition) is 5. The summed E-state index contributed by atoms with van der Waals surface area (Å²) in [5.41, 5.74) is 0.810. The molecular weight excluding hydrogens is 228 g/mol. The quantitative estimate of drug-likeness (QED) is 0.737. The SMILES string of the molecule is COC(=O)C(NCc1csc(=O)[nH]1)C1CC1. The minimum atomic E-state index is -0.242. The van der Waals surface area contributed by atoms with E-state index >= 15 is 0 Å². The summed E-state index contributed by atoms with van der Waals surface area (Å²) in [6.07, 6.45) is 2.12. The minimum absolute atomic E-state index is 0.0714. The van der Waals surface area contributed by atoms with Crippen molar-refractivity contribution in [1.29, 1.82) is 0 Å². The molecule has 2 N–H and O–H groups in total. The van der Waals surface area contributed by atoms with Crippen molar-refractivity contribution in [3.63, 3.8) is 0 Å². The van der Waals surface area contributed by atoms with E-state index in [0.29, 0.717) is 12.5 Å². The van der Waals surface area contributed by atoms with E-state index in [2.05, 4.69) is 10.3 Å². The molecule has 0 radical (unpaired) electrons. The number of rotatable bonds is 5. The van der Waals surface area contributed by atoms with Gasteiger partial charge in [-0.3, -0.25) is 14.9 Å². The van der Waals surface area contributed by atoms with Gasteiger partial charge in [-0.1, -0.05) is 11.3 Å². The highest BCUT2D eigenvalue weighted by Gasteiger charge is 2.36. The van der Waals surface area contributed by atoms with Gasteiger partial charge in [-0.25, -0.2) is 0 Å². The number of aromatic nitrogens is 1. The third kappa shape index (κ3) is 2.70. The van der Waals surface area contributed by atoms with Gasteiger partial charge in [0.1, 0.15) is 6.04 Å². The van der Waals surface area contributed by atoms with Gasteiger partial charge < -0.3 is 9.72 Å². The van der Waals surface area contributed by atoms with Gasteiger partial charge in [0, 0.05) is 17.6 Å². The first kappa shape index (κ1) is 11.3. The predicted molar refractivity (Wildman–Crippen MR) is 60.3 cm³/mol. The van der Waals surface area contributed by atoms with Crippen LogP contribution in [0.5, 0.6) is 0 Å². The highest BCUT2D eigenvalue weighted by molar-refractivity contribution is 7.07. The molecule has 1 atom stereocenters. The van der Waals surface area contributed by atoms with E-state index in [-0.39, 0.29) is 16.9 Å². The van der Waals surface area contributed by atoms with Crippen molar-refractivity contribution in [3.8, 4) is 0 Å². The molecule has 1 saturated carbocycles. The summed E-state index contributed by atoms with van der Waals surface area (Å²) < 4.78 is 4.74. The molecule has 0 saturated heterocycles. The van der Waals surface area contributed by atoms with Gasteiger partial charge in [0.15, 0.2) is 0 Å². The molecule has 0 aromatic carbocycles. The molecule has 1 aliphatic carbocycles. The van der Waals surface area contributed by atoms with E-state index in [0.717, 1.165) is 29.9 Å². The number of nitrogens with one attached hydrogen (secondary N) is 2. The molecule has 6 heteroatoms. The smallest absolute Gasteiger partial charge is 0.323 e. The fourth-order valence-electron chi connectivity index (χ4n) is 1.62. The second-order valence-electron chi connectivity index (χ2n) is 3.89. The first-order valence-corrected chi connectivity index (χ1v) is 6.06. The molecule has 0 bridgehead atoms. The van der Waals surface area contributed by atoms with Crippen LogP contribution in [0.15, 0.2) is 10.2 Å². The summed E-state index contributed by atoms with van der Waals surface area (Å²) >= 11 is 1.13.